The molecule has 0 aliphatic heterocycles. The highest BCUT2D eigenvalue weighted by Crippen LogP contribution is 2.31. The number of hydrogen-bond donors (Lipinski definition) is 2. The number of amides is 2. The summed E-state index contributed by atoms with van der Waals surface area (Å²) in [7, 11) is 0. The number of carbonyl (C=O) groups excluding carboxylic acids is 2. The van der Waals surface area contributed by atoms with Crippen molar-refractivity contribution in [1.29, 1.82) is 0 Å². The molecule has 0 heterocycles. The number of carboxylic acid groups (broad SMARTS) is 1. The third kappa shape index (κ3) is 5.44. The number of halogens is 4. The molecule has 0 spiro atoms. The van der Waals surface area contributed by atoms with E-state index in [4.69, 9.17) is 5.11 Å². The smallest absolute Gasteiger partial charge is 0.419 e. The number of rotatable bonds is 6. The Kier molecular flexibility index (Phi) is 6.49. The van der Waals surface area contributed by atoms with E-state index >= 15 is 0 Å². The van der Waals surface area contributed by atoms with E-state index in [0.29, 0.717) is 12.1 Å². The molecule has 2 amide bonds. The van der Waals surface area contributed by atoms with Crippen LogP contribution in [-0.2, 0) is 15.8 Å². The van der Waals surface area contributed by atoms with Crippen LogP contribution in [-0.4, -0.2) is 46.9 Å². The van der Waals surface area contributed by atoms with Crippen molar-refractivity contribution in [3.8, 4) is 0 Å². The summed E-state index contributed by atoms with van der Waals surface area (Å²) in [6.07, 6.45) is -4.91. The van der Waals surface area contributed by atoms with Gasteiger partial charge in [0.05, 0.1) is 5.56 Å². The molecule has 0 fully saturated rings. The van der Waals surface area contributed by atoms with Crippen molar-refractivity contribution in [3.05, 3.63) is 35.1 Å². The van der Waals surface area contributed by atoms with Gasteiger partial charge in [-0.2, -0.15) is 13.2 Å². The number of nitrogens with zero attached hydrogens (tertiary/aromatic N) is 1. The Hall–Kier alpha value is -2.65. The first-order chi connectivity index (χ1) is 11.4. The van der Waals surface area contributed by atoms with Gasteiger partial charge in [0.1, 0.15) is 11.9 Å². The zero-order valence-electron chi connectivity index (χ0n) is 13.4. The average molecular weight is 364 g/mol. The summed E-state index contributed by atoms with van der Waals surface area (Å²) in [5.41, 5.74) is -1.96. The Labute approximate surface area is 140 Å². The van der Waals surface area contributed by atoms with Crippen molar-refractivity contribution in [2.45, 2.75) is 26.1 Å². The predicted molar refractivity (Wildman–Crippen MR) is 78.2 cm³/mol. The van der Waals surface area contributed by atoms with Crippen molar-refractivity contribution >= 4 is 17.8 Å². The molecule has 0 aromatic heterocycles. The van der Waals surface area contributed by atoms with Crippen LogP contribution in [0.2, 0.25) is 0 Å². The molecule has 1 unspecified atom stereocenters. The molecule has 0 radical (unpaired) electrons. The second-order valence-corrected chi connectivity index (χ2v) is 5.19. The lowest BCUT2D eigenvalue weighted by Crippen LogP contribution is -2.46. The Morgan fingerprint density at radius 3 is 2.32 bits per heavy atom. The van der Waals surface area contributed by atoms with E-state index in [1.165, 1.54) is 13.8 Å². The van der Waals surface area contributed by atoms with Crippen LogP contribution < -0.4 is 5.32 Å². The molecule has 0 aliphatic carbocycles. The van der Waals surface area contributed by atoms with Gasteiger partial charge in [0.15, 0.2) is 0 Å². The van der Waals surface area contributed by atoms with Gasteiger partial charge in [0.25, 0.3) is 5.91 Å². The third-order valence-electron chi connectivity index (χ3n) is 3.33. The SMILES string of the molecule is CC(=O)NCCN(C(=O)c1ccc(C(F)(F)F)c(F)c1)C(C)C(=O)O. The summed E-state index contributed by atoms with van der Waals surface area (Å²) >= 11 is 0. The number of carbonyl (C=O) groups is 3. The molecular weight excluding hydrogens is 348 g/mol. The quantitative estimate of drug-likeness (QED) is 0.755. The maximum Gasteiger partial charge on any atom is 0.419 e. The van der Waals surface area contributed by atoms with Crippen LogP contribution in [0, 0.1) is 5.82 Å². The average Bonchev–Trinajstić information content (AvgIpc) is 2.48. The molecule has 25 heavy (non-hydrogen) atoms. The lowest BCUT2D eigenvalue weighted by Gasteiger charge is -2.27. The summed E-state index contributed by atoms with van der Waals surface area (Å²) < 4.78 is 51.3. The van der Waals surface area contributed by atoms with Crippen molar-refractivity contribution in [2.75, 3.05) is 13.1 Å². The largest absolute Gasteiger partial charge is 0.480 e. The van der Waals surface area contributed by atoms with Crippen LogP contribution >= 0.6 is 0 Å². The molecule has 10 heteroatoms. The van der Waals surface area contributed by atoms with Crippen LogP contribution in [0.3, 0.4) is 0 Å². The number of alkyl halides is 3. The highest BCUT2D eigenvalue weighted by molar-refractivity contribution is 5.96. The topological polar surface area (TPSA) is 86.7 Å². The molecule has 0 saturated carbocycles. The van der Waals surface area contributed by atoms with Crippen LogP contribution in [0.1, 0.15) is 29.8 Å². The van der Waals surface area contributed by atoms with Crippen LogP contribution in [0.15, 0.2) is 18.2 Å². The van der Waals surface area contributed by atoms with E-state index in [2.05, 4.69) is 5.32 Å². The minimum absolute atomic E-state index is 0.0676. The van der Waals surface area contributed by atoms with E-state index in [-0.39, 0.29) is 13.1 Å². The van der Waals surface area contributed by atoms with Gasteiger partial charge in [-0.1, -0.05) is 0 Å². The zero-order chi connectivity index (χ0) is 19.4. The molecular formula is C15H16F4N2O4. The summed E-state index contributed by atoms with van der Waals surface area (Å²) in [5, 5.41) is 11.4. The lowest BCUT2D eigenvalue weighted by atomic mass is 10.1. The second kappa shape index (κ2) is 7.95. The third-order valence-corrected chi connectivity index (χ3v) is 3.33. The summed E-state index contributed by atoms with van der Waals surface area (Å²) in [5.74, 6) is -4.37. The maximum atomic E-state index is 13.6. The number of carboxylic acids is 1. The molecule has 0 bridgehead atoms. The van der Waals surface area contributed by atoms with Gasteiger partial charge in [-0.3, -0.25) is 9.59 Å². The van der Waals surface area contributed by atoms with E-state index in [0.717, 1.165) is 11.0 Å². The van der Waals surface area contributed by atoms with Gasteiger partial charge in [0, 0.05) is 25.6 Å². The highest BCUT2D eigenvalue weighted by atomic mass is 19.4. The fourth-order valence-electron chi connectivity index (χ4n) is 2.00. The first kappa shape index (κ1) is 20.4. The standard InChI is InChI=1S/C15H16F4N2O4/c1-8(14(24)25)21(6-5-20-9(2)22)13(23)10-3-4-11(12(16)7-10)15(17,18)19/h3-4,7-8H,5-6H2,1-2H3,(H,20,22)(H,24,25). The van der Waals surface area contributed by atoms with E-state index in [1.54, 1.807) is 0 Å². The van der Waals surface area contributed by atoms with E-state index in [1.807, 2.05) is 0 Å². The Morgan fingerprint density at radius 2 is 1.88 bits per heavy atom. The first-order valence-electron chi connectivity index (χ1n) is 7.10. The monoisotopic (exact) mass is 364 g/mol. The second-order valence-electron chi connectivity index (χ2n) is 5.19. The fraction of sp³-hybridized carbons (Fsp3) is 0.400. The van der Waals surface area contributed by atoms with Gasteiger partial charge in [-0.15, -0.1) is 0 Å². The first-order valence-corrected chi connectivity index (χ1v) is 7.10. The Morgan fingerprint density at radius 1 is 1.28 bits per heavy atom. The van der Waals surface area contributed by atoms with E-state index in [9.17, 15) is 31.9 Å². The zero-order valence-corrected chi connectivity index (χ0v) is 13.4. The van der Waals surface area contributed by atoms with Crippen molar-refractivity contribution in [1.82, 2.24) is 10.2 Å². The minimum Gasteiger partial charge on any atom is -0.480 e. The van der Waals surface area contributed by atoms with Gasteiger partial charge >= 0.3 is 12.1 Å². The van der Waals surface area contributed by atoms with Crippen molar-refractivity contribution < 1.29 is 37.1 Å². The number of aliphatic carboxylic acids is 1. The van der Waals surface area contributed by atoms with E-state index < -0.39 is 46.9 Å². The van der Waals surface area contributed by atoms with Crippen molar-refractivity contribution in [3.63, 3.8) is 0 Å². The fourth-order valence-corrected chi connectivity index (χ4v) is 2.00. The molecule has 1 rings (SSSR count). The molecule has 6 nitrogen and oxygen atoms in total. The molecule has 138 valence electrons. The molecule has 0 aliphatic rings. The summed E-state index contributed by atoms with van der Waals surface area (Å²) in [6, 6.07) is 0.269. The highest BCUT2D eigenvalue weighted by Gasteiger charge is 2.35. The van der Waals surface area contributed by atoms with Gasteiger partial charge < -0.3 is 15.3 Å². The number of nitrogens with one attached hydrogen (secondary N) is 1. The molecule has 1 aromatic carbocycles. The Balaban J connectivity index is 3.09. The Bertz CT molecular complexity index is 676. The normalized spacial score (nSPS) is 12.4. The molecule has 1 aromatic rings. The van der Waals surface area contributed by atoms with Crippen molar-refractivity contribution in [2.24, 2.45) is 0 Å². The predicted octanol–water partition coefficient (Wildman–Crippen LogP) is 1.90. The molecule has 2 N–H and O–H groups in total. The number of benzene rings is 1. The number of hydrogen-bond acceptors (Lipinski definition) is 3. The van der Waals surface area contributed by atoms with Crippen LogP contribution in [0.4, 0.5) is 17.6 Å². The van der Waals surface area contributed by atoms with Crippen LogP contribution in [0.5, 0.6) is 0 Å². The van der Waals surface area contributed by atoms with Gasteiger partial charge in [0.2, 0.25) is 5.91 Å². The molecule has 1 atom stereocenters. The van der Waals surface area contributed by atoms with Gasteiger partial charge in [-0.25, -0.2) is 9.18 Å². The minimum atomic E-state index is -4.91. The molecule has 0 saturated heterocycles. The van der Waals surface area contributed by atoms with Gasteiger partial charge in [-0.05, 0) is 25.1 Å². The maximum absolute atomic E-state index is 13.6. The summed E-state index contributed by atoms with van der Waals surface area (Å²) in [6.45, 7) is 2.13. The summed E-state index contributed by atoms with van der Waals surface area (Å²) in [4.78, 5) is 35.2. The lowest BCUT2D eigenvalue weighted by molar-refractivity contribution is -0.141. The van der Waals surface area contributed by atoms with Crippen LogP contribution in [0.25, 0.3) is 0 Å².